The first-order valence-corrected chi connectivity index (χ1v) is 9.42. The SMILES string of the molecule is O=C(O)C(=NOC(c1ccccc1)(c1ccccc1)c1ccccc1)c1ccco1. The topological polar surface area (TPSA) is 72.0 Å². The Morgan fingerprint density at radius 3 is 1.57 bits per heavy atom. The van der Waals surface area contributed by atoms with Gasteiger partial charge in [0.25, 0.3) is 0 Å². The second-order valence-corrected chi connectivity index (χ2v) is 6.59. The van der Waals surface area contributed by atoms with Crippen LogP contribution in [0.2, 0.25) is 0 Å². The van der Waals surface area contributed by atoms with Crippen molar-refractivity contribution in [1.82, 2.24) is 0 Å². The molecule has 0 atom stereocenters. The van der Waals surface area contributed by atoms with Gasteiger partial charge < -0.3 is 14.4 Å². The number of carbonyl (C=O) groups is 1. The van der Waals surface area contributed by atoms with Crippen LogP contribution >= 0.6 is 0 Å². The molecule has 0 spiro atoms. The van der Waals surface area contributed by atoms with Gasteiger partial charge in [-0.1, -0.05) is 96.2 Å². The number of carboxylic acid groups (broad SMARTS) is 1. The van der Waals surface area contributed by atoms with Crippen LogP contribution in [-0.2, 0) is 15.2 Å². The number of nitrogens with zero attached hydrogens (tertiary/aromatic N) is 1. The van der Waals surface area contributed by atoms with Gasteiger partial charge in [0.05, 0.1) is 6.26 Å². The molecule has 3 aromatic carbocycles. The second kappa shape index (κ2) is 8.49. The quantitative estimate of drug-likeness (QED) is 0.268. The Balaban J connectivity index is 1.95. The standard InChI is InChI=1S/C25H19NO4/c27-24(28)23(22-17-10-18-29-22)26-30-25(19-11-4-1-5-12-19,20-13-6-2-7-14-20)21-15-8-3-9-16-21/h1-18H,(H,27,28). The summed E-state index contributed by atoms with van der Waals surface area (Å²) in [5.41, 5.74) is 0.977. The van der Waals surface area contributed by atoms with Crippen LogP contribution in [0.15, 0.2) is 119 Å². The molecule has 5 heteroatoms. The Labute approximate surface area is 173 Å². The third kappa shape index (κ3) is 3.61. The normalized spacial score (nSPS) is 11.8. The first kappa shape index (κ1) is 19.2. The van der Waals surface area contributed by atoms with Crippen molar-refractivity contribution < 1.29 is 19.2 Å². The first-order valence-electron chi connectivity index (χ1n) is 9.42. The van der Waals surface area contributed by atoms with Gasteiger partial charge in [-0.3, -0.25) is 0 Å². The van der Waals surface area contributed by atoms with Gasteiger partial charge in [0.15, 0.2) is 5.76 Å². The molecule has 0 bridgehead atoms. The van der Waals surface area contributed by atoms with Gasteiger partial charge in [-0.05, 0) is 12.1 Å². The van der Waals surface area contributed by atoms with Crippen LogP contribution in [0.1, 0.15) is 22.5 Å². The average Bonchev–Trinajstić information content (AvgIpc) is 3.33. The zero-order valence-electron chi connectivity index (χ0n) is 16.0. The summed E-state index contributed by atoms with van der Waals surface area (Å²) in [7, 11) is 0. The highest BCUT2D eigenvalue weighted by atomic mass is 16.7. The number of oxime groups is 1. The van der Waals surface area contributed by atoms with Crippen molar-refractivity contribution in [2.24, 2.45) is 5.16 Å². The monoisotopic (exact) mass is 397 g/mol. The van der Waals surface area contributed by atoms with Crippen molar-refractivity contribution in [3.05, 3.63) is 132 Å². The van der Waals surface area contributed by atoms with Crippen molar-refractivity contribution in [3.63, 3.8) is 0 Å². The first-order chi connectivity index (χ1) is 14.7. The zero-order valence-corrected chi connectivity index (χ0v) is 16.0. The van der Waals surface area contributed by atoms with Gasteiger partial charge in [0.1, 0.15) is 0 Å². The lowest BCUT2D eigenvalue weighted by Crippen LogP contribution is -2.32. The van der Waals surface area contributed by atoms with E-state index in [1.54, 1.807) is 6.07 Å². The van der Waals surface area contributed by atoms with E-state index in [1.165, 1.54) is 12.3 Å². The zero-order chi connectivity index (χ0) is 20.8. The predicted molar refractivity (Wildman–Crippen MR) is 113 cm³/mol. The fraction of sp³-hybridized carbons (Fsp3) is 0.0400. The van der Waals surface area contributed by atoms with Crippen LogP contribution in [0.3, 0.4) is 0 Å². The number of rotatable bonds is 7. The minimum Gasteiger partial charge on any atom is -0.476 e. The Kier molecular flexibility index (Phi) is 5.44. The molecule has 148 valence electrons. The molecule has 0 fully saturated rings. The molecular formula is C25H19NO4. The number of carboxylic acids is 1. The van der Waals surface area contributed by atoms with Gasteiger partial charge in [0, 0.05) is 16.7 Å². The molecule has 0 amide bonds. The van der Waals surface area contributed by atoms with Gasteiger partial charge >= 0.3 is 5.97 Å². The highest BCUT2D eigenvalue weighted by Gasteiger charge is 2.40. The maximum absolute atomic E-state index is 11.9. The summed E-state index contributed by atoms with van der Waals surface area (Å²) in [5.74, 6) is -1.13. The number of furan rings is 1. The molecule has 0 aliphatic rings. The molecule has 1 N–H and O–H groups in total. The molecule has 1 heterocycles. The van der Waals surface area contributed by atoms with Crippen molar-refractivity contribution in [3.8, 4) is 0 Å². The van der Waals surface area contributed by atoms with E-state index in [0.717, 1.165) is 16.7 Å². The molecule has 30 heavy (non-hydrogen) atoms. The van der Waals surface area contributed by atoms with Gasteiger partial charge in [-0.25, -0.2) is 4.79 Å². The van der Waals surface area contributed by atoms with E-state index in [-0.39, 0.29) is 11.5 Å². The average molecular weight is 397 g/mol. The van der Waals surface area contributed by atoms with Gasteiger partial charge in [0.2, 0.25) is 11.3 Å². The highest BCUT2D eigenvalue weighted by molar-refractivity contribution is 6.41. The maximum Gasteiger partial charge on any atom is 0.361 e. The summed E-state index contributed by atoms with van der Waals surface area (Å²) in [6, 6.07) is 31.9. The third-order valence-corrected chi connectivity index (χ3v) is 4.77. The highest BCUT2D eigenvalue weighted by Crippen LogP contribution is 2.40. The summed E-state index contributed by atoms with van der Waals surface area (Å²) in [6.45, 7) is 0. The molecule has 5 nitrogen and oxygen atoms in total. The Morgan fingerprint density at radius 1 is 0.733 bits per heavy atom. The van der Waals surface area contributed by atoms with Crippen LogP contribution in [0.4, 0.5) is 0 Å². The van der Waals surface area contributed by atoms with E-state index >= 15 is 0 Å². The molecule has 1 aromatic heterocycles. The van der Waals surface area contributed by atoms with Crippen molar-refractivity contribution in [2.75, 3.05) is 0 Å². The van der Waals surface area contributed by atoms with Gasteiger partial charge in [-0.2, -0.15) is 0 Å². The van der Waals surface area contributed by atoms with Gasteiger partial charge in [-0.15, -0.1) is 0 Å². The van der Waals surface area contributed by atoms with E-state index in [1.807, 2.05) is 91.0 Å². The van der Waals surface area contributed by atoms with Crippen LogP contribution in [0, 0.1) is 0 Å². The third-order valence-electron chi connectivity index (χ3n) is 4.77. The number of hydrogen-bond donors (Lipinski definition) is 1. The molecular weight excluding hydrogens is 378 g/mol. The van der Waals surface area contributed by atoms with E-state index in [2.05, 4.69) is 5.16 Å². The molecule has 0 unspecified atom stereocenters. The van der Waals surface area contributed by atoms with Crippen LogP contribution in [-0.4, -0.2) is 16.8 Å². The number of benzene rings is 3. The van der Waals surface area contributed by atoms with Crippen molar-refractivity contribution >= 4 is 11.7 Å². The lowest BCUT2D eigenvalue weighted by molar-refractivity contribution is -0.129. The smallest absolute Gasteiger partial charge is 0.361 e. The van der Waals surface area contributed by atoms with E-state index in [4.69, 9.17) is 9.25 Å². The second-order valence-electron chi connectivity index (χ2n) is 6.59. The molecule has 0 aliphatic carbocycles. The molecule has 0 saturated carbocycles. The largest absolute Gasteiger partial charge is 0.476 e. The minimum absolute atomic E-state index is 0.116. The van der Waals surface area contributed by atoms with Crippen LogP contribution in [0.5, 0.6) is 0 Å². The summed E-state index contributed by atoms with van der Waals surface area (Å²) in [6.07, 6.45) is 1.40. The van der Waals surface area contributed by atoms with Crippen LogP contribution < -0.4 is 0 Å². The minimum atomic E-state index is -1.24. The van der Waals surface area contributed by atoms with E-state index in [9.17, 15) is 9.90 Å². The molecule has 0 aliphatic heterocycles. The van der Waals surface area contributed by atoms with Crippen LogP contribution in [0.25, 0.3) is 0 Å². The fourth-order valence-corrected chi connectivity index (χ4v) is 3.39. The van der Waals surface area contributed by atoms with Crippen molar-refractivity contribution in [1.29, 1.82) is 0 Å². The molecule has 0 saturated heterocycles. The molecule has 0 radical (unpaired) electrons. The summed E-state index contributed by atoms with van der Waals surface area (Å²) < 4.78 is 5.25. The predicted octanol–water partition coefficient (Wildman–Crippen LogP) is 5.08. The van der Waals surface area contributed by atoms with Crippen molar-refractivity contribution in [2.45, 2.75) is 5.60 Å². The lowest BCUT2D eigenvalue weighted by atomic mass is 9.80. The summed E-state index contributed by atoms with van der Waals surface area (Å²) >= 11 is 0. The molecule has 4 aromatic rings. The lowest BCUT2D eigenvalue weighted by Gasteiger charge is -2.33. The molecule has 4 rings (SSSR count). The number of hydrogen-bond acceptors (Lipinski definition) is 4. The summed E-state index contributed by atoms with van der Waals surface area (Å²) in [5, 5.41) is 13.8. The Morgan fingerprint density at radius 2 is 1.20 bits per heavy atom. The fourth-order valence-electron chi connectivity index (χ4n) is 3.39. The number of aliphatic carboxylic acids is 1. The summed E-state index contributed by atoms with van der Waals surface area (Å²) in [4.78, 5) is 18.0. The van der Waals surface area contributed by atoms with E-state index < -0.39 is 11.6 Å². The Bertz CT molecular complexity index is 1030. The Hall–Kier alpha value is -4.12. The maximum atomic E-state index is 11.9. The van der Waals surface area contributed by atoms with E-state index in [0.29, 0.717) is 0 Å².